The van der Waals surface area contributed by atoms with Crippen LogP contribution in [0.15, 0.2) is 23.2 Å². The molecule has 2 amide bonds. The fourth-order valence-corrected chi connectivity index (χ4v) is 1.65. The molecular formula is C11H9N3O4. The summed E-state index contributed by atoms with van der Waals surface area (Å²) in [6, 6.07) is 5.45. The predicted molar refractivity (Wildman–Crippen MR) is 60.0 cm³/mol. The minimum atomic E-state index is -0.695. The van der Waals surface area contributed by atoms with Crippen LogP contribution in [-0.4, -0.2) is 24.6 Å². The average Bonchev–Trinajstić information content (AvgIpc) is 2.94. The Morgan fingerprint density at radius 3 is 2.61 bits per heavy atom. The fraction of sp³-hybridized carbons (Fsp3) is 0.182. The van der Waals surface area contributed by atoms with E-state index in [1.165, 1.54) is 0 Å². The molecule has 2 N–H and O–H groups in total. The van der Waals surface area contributed by atoms with Crippen LogP contribution in [-0.2, 0) is 16.1 Å². The molecule has 0 spiro atoms. The van der Waals surface area contributed by atoms with Gasteiger partial charge in [-0.15, -0.1) is 0 Å². The molecule has 92 valence electrons. The maximum atomic E-state index is 10.9. The molecule has 1 aromatic rings. The Labute approximate surface area is 102 Å². The van der Waals surface area contributed by atoms with Gasteiger partial charge >= 0.3 is 11.8 Å². The Bertz CT molecular complexity index is 549. The lowest BCUT2D eigenvalue weighted by atomic mass is 10.2. The van der Waals surface area contributed by atoms with E-state index in [-0.39, 0.29) is 12.8 Å². The summed E-state index contributed by atoms with van der Waals surface area (Å²) in [6.45, 7) is 0.548. The number of rotatable bonds is 2. The first kappa shape index (κ1) is 10.6. The molecule has 0 atom stereocenters. The van der Waals surface area contributed by atoms with Crippen LogP contribution in [0.2, 0.25) is 0 Å². The molecule has 0 aromatic heterocycles. The van der Waals surface area contributed by atoms with Gasteiger partial charge in [0.05, 0.1) is 6.54 Å². The van der Waals surface area contributed by atoms with Gasteiger partial charge in [0.1, 0.15) is 0 Å². The molecule has 0 aliphatic carbocycles. The van der Waals surface area contributed by atoms with Gasteiger partial charge in [-0.25, -0.2) is 4.99 Å². The molecule has 0 unspecified atom stereocenters. The van der Waals surface area contributed by atoms with Crippen LogP contribution < -0.4 is 20.1 Å². The van der Waals surface area contributed by atoms with E-state index >= 15 is 0 Å². The minimum Gasteiger partial charge on any atom is -0.454 e. The number of aliphatic imine (C=N–C) groups is 1. The molecule has 3 rings (SSSR count). The van der Waals surface area contributed by atoms with E-state index in [0.717, 1.165) is 5.56 Å². The zero-order valence-corrected chi connectivity index (χ0v) is 9.23. The monoisotopic (exact) mass is 247 g/mol. The summed E-state index contributed by atoms with van der Waals surface area (Å²) in [5, 5.41) is 4.64. The normalized spacial score (nSPS) is 16.6. The Kier molecular flexibility index (Phi) is 2.36. The van der Waals surface area contributed by atoms with Crippen LogP contribution in [0.3, 0.4) is 0 Å². The van der Waals surface area contributed by atoms with E-state index in [2.05, 4.69) is 15.6 Å². The first-order valence-corrected chi connectivity index (χ1v) is 5.28. The highest BCUT2D eigenvalue weighted by Gasteiger charge is 2.24. The number of guanidine groups is 1. The molecule has 0 radical (unpaired) electrons. The van der Waals surface area contributed by atoms with E-state index in [1.807, 2.05) is 12.1 Å². The number of carbonyl (C=O) groups is 2. The van der Waals surface area contributed by atoms with E-state index < -0.39 is 11.8 Å². The lowest BCUT2D eigenvalue weighted by molar-refractivity contribution is -0.135. The van der Waals surface area contributed by atoms with Crippen LogP contribution in [0.5, 0.6) is 11.5 Å². The van der Waals surface area contributed by atoms with Crippen LogP contribution in [0.4, 0.5) is 0 Å². The molecular weight excluding hydrogens is 238 g/mol. The third kappa shape index (κ3) is 1.86. The molecule has 1 saturated heterocycles. The van der Waals surface area contributed by atoms with Crippen LogP contribution in [0, 0.1) is 0 Å². The molecule has 2 aliphatic rings. The van der Waals surface area contributed by atoms with E-state index in [0.29, 0.717) is 18.0 Å². The van der Waals surface area contributed by atoms with Crippen molar-refractivity contribution in [3.05, 3.63) is 23.8 Å². The molecule has 0 saturated carbocycles. The first-order valence-electron chi connectivity index (χ1n) is 5.28. The highest BCUT2D eigenvalue weighted by molar-refractivity contribution is 6.45. The summed E-state index contributed by atoms with van der Waals surface area (Å²) in [5.41, 5.74) is 0.891. The summed E-state index contributed by atoms with van der Waals surface area (Å²) < 4.78 is 10.4. The zero-order valence-electron chi connectivity index (χ0n) is 9.23. The number of amides is 2. The number of hydrogen-bond acceptors (Lipinski definition) is 5. The molecule has 1 aromatic carbocycles. The van der Waals surface area contributed by atoms with Gasteiger partial charge in [0.25, 0.3) is 0 Å². The number of fused-ring (bicyclic) bond motifs is 1. The Morgan fingerprint density at radius 2 is 1.83 bits per heavy atom. The van der Waals surface area contributed by atoms with Crippen LogP contribution in [0.25, 0.3) is 0 Å². The standard InChI is InChI=1S/C11H9N3O4/c15-9-10(16)14-11(13-9)12-4-6-1-2-7-8(3-6)18-5-17-7/h1-3H,4-5H2,(H2,12,13,14,15,16). The summed E-state index contributed by atoms with van der Waals surface area (Å²) in [4.78, 5) is 25.9. The van der Waals surface area contributed by atoms with Gasteiger partial charge in [-0.1, -0.05) is 6.07 Å². The summed E-state index contributed by atoms with van der Waals surface area (Å²) in [7, 11) is 0. The third-order valence-electron chi connectivity index (χ3n) is 2.53. The second-order valence-corrected chi connectivity index (χ2v) is 3.76. The van der Waals surface area contributed by atoms with Crippen molar-refractivity contribution in [3.63, 3.8) is 0 Å². The predicted octanol–water partition coefficient (Wildman–Crippen LogP) is -0.483. The summed E-state index contributed by atoms with van der Waals surface area (Å²) in [5.74, 6) is 0.155. The van der Waals surface area contributed by atoms with Gasteiger partial charge in [0.15, 0.2) is 11.5 Å². The van der Waals surface area contributed by atoms with Crippen molar-refractivity contribution < 1.29 is 19.1 Å². The Balaban J connectivity index is 1.72. The molecule has 0 bridgehead atoms. The number of nitrogens with zero attached hydrogens (tertiary/aromatic N) is 1. The molecule has 18 heavy (non-hydrogen) atoms. The zero-order chi connectivity index (χ0) is 12.5. The van der Waals surface area contributed by atoms with E-state index in [1.54, 1.807) is 6.07 Å². The third-order valence-corrected chi connectivity index (χ3v) is 2.53. The lowest BCUT2D eigenvalue weighted by Gasteiger charge is -2.00. The van der Waals surface area contributed by atoms with Gasteiger partial charge in [0, 0.05) is 0 Å². The molecule has 2 heterocycles. The maximum Gasteiger partial charge on any atom is 0.316 e. The Morgan fingerprint density at radius 1 is 1.11 bits per heavy atom. The van der Waals surface area contributed by atoms with Crippen molar-refractivity contribution in [2.24, 2.45) is 4.99 Å². The summed E-state index contributed by atoms with van der Waals surface area (Å²) in [6.07, 6.45) is 0. The molecule has 7 nitrogen and oxygen atoms in total. The molecule has 2 aliphatic heterocycles. The number of benzene rings is 1. The second kappa shape index (κ2) is 4.02. The topological polar surface area (TPSA) is 89.0 Å². The largest absolute Gasteiger partial charge is 0.454 e. The van der Waals surface area contributed by atoms with Gasteiger partial charge in [-0.3, -0.25) is 20.2 Å². The van der Waals surface area contributed by atoms with Crippen molar-refractivity contribution in [1.29, 1.82) is 0 Å². The van der Waals surface area contributed by atoms with Crippen molar-refractivity contribution in [3.8, 4) is 11.5 Å². The summed E-state index contributed by atoms with van der Waals surface area (Å²) >= 11 is 0. The van der Waals surface area contributed by atoms with Crippen molar-refractivity contribution in [2.45, 2.75) is 6.54 Å². The van der Waals surface area contributed by atoms with E-state index in [4.69, 9.17) is 9.47 Å². The number of nitrogens with one attached hydrogen (secondary N) is 2. The van der Waals surface area contributed by atoms with Gasteiger partial charge in [0.2, 0.25) is 12.8 Å². The number of hydrogen-bond donors (Lipinski definition) is 2. The van der Waals surface area contributed by atoms with Crippen LogP contribution >= 0.6 is 0 Å². The number of ether oxygens (including phenoxy) is 2. The smallest absolute Gasteiger partial charge is 0.316 e. The highest BCUT2D eigenvalue weighted by Crippen LogP contribution is 2.32. The molecule has 1 fully saturated rings. The van der Waals surface area contributed by atoms with E-state index in [9.17, 15) is 9.59 Å². The molecule has 7 heteroatoms. The van der Waals surface area contributed by atoms with Crippen molar-refractivity contribution in [1.82, 2.24) is 10.6 Å². The Hall–Kier alpha value is -2.57. The quantitative estimate of drug-likeness (QED) is 0.691. The van der Waals surface area contributed by atoms with Gasteiger partial charge < -0.3 is 9.47 Å². The fourth-order valence-electron chi connectivity index (χ4n) is 1.65. The lowest BCUT2D eigenvalue weighted by Crippen LogP contribution is -2.25. The number of carbonyl (C=O) groups excluding carboxylic acids is 2. The SMILES string of the molecule is O=C1NC(=NCc2ccc3c(c2)OCO3)NC1=O. The van der Waals surface area contributed by atoms with Crippen molar-refractivity contribution in [2.75, 3.05) is 6.79 Å². The average molecular weight is 247 g/mol. The second-order valence-electron chi connectivity index (χ2n) is 3.76. The first-order chi connectivity index (χ1) is 8.72. The van der Waals surface area contributed by atoms with Gasteiger partial charge in [-0.2, -0.15) is 0 Å². The van der Waals surface area contributed by atoms with Crippen molar-refractivity contribution >= 4 is 17.8 Å². The maximum absolute atomic E-state index is 10.9. The van der Waals surface area contributed by atoms with Gasteiger partial charge in [-0.05, 0) is 17.7 Å². The minimum absolute atomic E-state index is 0.169. The highest BCUT2D eigenvalue weighted by atomic mass is 16.7. The van der Waals surface area contributed by atoms with Crippen LogP contribution in [0.1, 0.15) is 5.56 Å².